The molecule has 1 aromatic rings. The van der Waals surface area contributed by atoms with Crippen LogP contribution in [0.5, 0.6) is 0 Å². The van der Waals surface area contributed by atoms with Gasteiger partial charge in [-0.05, 0) is 6.42 Å². The fourth-order valence-corrected chi connectivity index (χ4v) is 2.60. The second-order valence-electron chi connectivity index (χ2n) is 6.44. The number of aliphatic hydroxyl groups excluding tert-OH is 1. The van der Waals surface area contributed by atoms with Gasteiger partial charge >= 0.3 is 5.97 Å². The summed E-state index contributed by atoms with van der Waals surface area (Å²) in [5.41, 5.74) is 0.805. The third-order valence-corrected chi connectivity index (χ3v) is 4.21. The van der Waals surface area contributed by atoms with Crippen LogP contribution in [-0.2, 0) is 9.53 Å². The number of aliphatic hydroxyl groups is 1. The van der Waals surface area contributed by atoms with E-state index in [1.54, 1.807) is 0 Å². The van der Waals surface area contributed by atoms with Crippen molar-refractivity contribution in [2.75, 3.05) is 6.61 Å². The van der Waals surface area contributed by atoms with Crippen molar-refractivity contribution in [1.29, 1.82) is 0 Å². The highest BCUT2D eigenvalue weighted by Crippen LogP contribution is 2.15. The molecule has 5 nitrogen and oxygen atoms in total. The first-order valence-electron chi connectivity index (χ1n) is 9.44. The second kappa shape index (κ2) is 13.1. The summed E-state index contributed by atoms with van der Waals surface area (Å²) in [5, 5.41) is 9.83. The minimum atomic E-state index is -1.45. The van der Waals surface area contributed by atoms with Crippen LogP contribution in [0.25, 0.3) is 4.85 Å². The van der Waals surface area contributed by atoms with Crippen LogP contribution < -0.4 is 0 Å². The van der Waals surface area contributed by atoms with Crippen molar-refractivity contribution in [2.24, 2.45) is 0 Å². The number of carbonyl (C=O) groups excluding carboxylic acids is 2. The van der Waals surface area contributed by atoms with E-state index < -0.39 is 12.1 Å². The van der Waals surface area contributed by atoms with Crippen LogP contribution in [0.2, 0.25) is 0 Å². The summed E-state index contributed by atoms with van der Waals surface area (Å²) in [6, 6.07) is 6.11. The molecule has 1 atom stereocenters. The molecule has 1 aromatic carbocycles. The SMILES string of the molecule is [C-]#[N+]c1ccc(C(=O)CC(O)C(=O)OCCCCCCCCCC)cc1. The maximum Gasteiger partial charge on any atom is 0.335 e. The van der Waals surface area contributed by atoms with Crippen LogP contribution in [-0.4, -0.2) is 29.6 Å². The van der Waals surface area contributed by atoms with Gasteiger partial charge < -0.3 is 9.84 Å². The summed E-state index contributed by atoms with van der Waals surface area (Å²) < 4.78 is 5.04. The van der Waals surface area contributed by atoms with E-state index in [4.69, 9.17) is 11.3 Å². The van der Waals surface area contributed by atoms with Crippen LogP contribution >= 0.6 is 0 Å². The van der Waals surface area contributed by atoms with Crippen molar-refractivity contribution in [2.45, 2.75) is 70.8 Å². The van der Waals surface area contributed by atoms with E-state index >= 15 is 0 Å². The van der Waals surface area contributed by atoms with E-state index in [1.807, 2.05) is 0 Å². The van der Waals surface area contributed by atoms with Crippen LogP contribution in [0.15, 0.2) is 24.3 Å². The summed E-state index contributed by atoms with van der Waals surface area (Å²) in [6.45, 7) is 9.35. The van der Waals surface area contributed by atoms with E-state index in [0.29, 0.717) is 11.3 Å². The highest BCUT2D eigenvalue weighted by atomic mass is 16.5. The smallest absolute Gasteiger partial charge is 0.335 e. The maximum absolute atomic E-state index is 12.0. The first kappa shape index (κ1) is 21.9. The molecule has 0 amide bonds. The molecule has 0 bridgehead atoms. The highest BCUT2D eigenvalue weighted by molar-refractivity contribution is 5.98. The molecule has 0 spiro atoms. The third kappa shape index (κ3) is 8.77. The number of rotatable bonds is 13. The number of unbranched alkanes of at least 4 members (excludes halogenated alkanes) is 7. The molecule has 0 fully saturated rings. The summed E-state index contributed by atoms with van der Waals surface area (Å²) >= 11 is 0. The van der Waals surface area contributed by atoms with Gasteiger partial charge in [-0.1, -0.05) is 76.1 Å². The Kier molecular flexibility index (Phi) is 11.0. The molecule has 0 radical (unpaired) electrons. The van der Waals surface area contributed by atoms with Gasteiger partial charge in [0.25, 0.3) is 0 Å². The van der Waals surface area contributed by atoms with Gasteiger partial charge in [0.15, 0.2) is 17.6 Å². The molecule has 5 heteroatoms. The Bertz CT molecular complexity index is 589. The topological polar surface area (TPSA) is 68.0 Å². The zero-order valence-corrected chi connectivity index (χ0v) is 15.6. The molecule has 1 unspecified atom stereocenters. The van der Waals surface area contributed by atoms with E-state index in [2.05, 4.69) is 11.8 Å². The quantitative estimate of drug-likeness (QED) is 0.236. The molecule has 0 aliphatic carbocycles. The number of benzene rings is 1. The van der Waals surface area contributed by atoms with Crippen LogP contribution in [0.1, 0.15) is 75.1 Å². The lowest BCUT2D eigenvalue weighted by Gasteiger charge is -2.10. The van der Waals surface area contributed by atoms with Crippen LogP contribution in [0, 0.1) is 6.57 Å². The van der Waals surface area contributed by atoms with Gasteiger partial charge in [-0.15, -0.1) is 0 Å². The fourth-order valence-electron chi connectivity index (χ4n) is 2.60. The third-order valence-electron chi connectivity index (χ3n) is 4.21. The van der Waals surface area contributed by atoms with E-state index in [1.165, 1.54) is 56.4 Å². The van der Waals surface area contributed by atoms with Gasteiger partial charge in [-0.3, -0.25) is 4.79 Å². The Labute approximate surface area is 156 Å². The van der Waals surface area contributed by atoms with Gasteiger partial charge in [0.1, 0.15) is 0 Å². The molecule has 0 aliphatic rings. The highest BCUT2D eigenvalue weighted by Gasteiger charge is 2.21. The Morgan fingerprint density at radius 3 is 2.19 bits per heavy atom. The lowest BCUT2D eigenvalue weighted by molar-refractivity contribution is -0.153. The monoisotopic (exact) mass is 359 g/mol. The van der Waals surface area contributed by atoms with Gasteiger partial charge in [0.2, 0.25) is 0 Å². The molecule has 0 aromatic heterocycles. The second-order valence-corrected chi connectivity index (χ2v) is 6.44. The number of nitrogens with zero attached hydrogens (tertiary/aromatic N) is 1. The maximum atomic E-state index is 12.0. The summed E-state index contributed by atoms with van der Waals surface area (Å²) in [6.07, 6.45) is 7.42. The van der Waals surface area contributed by atoms with Crippen molar-refractivity contribution in [3.05, 3.63) is 41.2 Å². The first-order valence-corrected chi connectivity index (χ1v) is 9.44. The van der Waals surface area contributed by atoms with Crippen molar-refractivity contribution >= 4 is 17.4 Å². The predicted molar refractivity (Wildman–Crippen MR) is 101 cm³/mol. The lowest BCUT2D eigenvalue weighted by atomic mass is 10.0. The van der Waals surface area contributed by atoms with E-state index in [-0.39, 0.29) is 18.8 Å². The molecule has 26 heavy (non-hydrogen) atoms. The number of carbonyl (C=O) groups is 2. The number of hydrogen-bond acceptors (Lipinski definition) is 4. The van der Waals surface area contributed by atoms with Gasteiger partial charge in [0.05, 0.1) is 13.2 Å². The van der Waals surface area contributed by atoms with E-state index in [0.717, 1.165) is 19.3 Å². The Balaban J connectivity index is 2.18. The summed E-state index contributed by atoms with van der Waals surface area (Å²) in [7, 11) is 0. The van der Waals surface area contributed by atoms with Crippen LogP contribution in [0.4, 0.5) is 5.69 Å². The number of ether oxygens (including phenoxy) is 1. The molecule has 0 saturated carbocycles. The van der Waals surface area contributed by atoms with Crippen LogP contribution in [0.3, 0.4) is 0 Å². The zero-order chi connectivity index (χ0) is 19.2. The number of ketones is 1. The molecule has 142 valence electrons. The molecule has 1 N–H and O–H groups in total. The minimum Gasteiger partial charge on any atom is -0.464 e. The molecular formula is C21H29NO4. The molecule has 1 rings (SSSR count). The number of esters is 1. The van der Waals surface area contributed by atoms with Gasteiger partial charge in [-0.2, -0.15) is 0 Å². The Hall–Kier alpha value is -2.19. The first-order chi connectivity index (χ1) is 12.6. The minimum absolute atomic E-state index is 0.277. The molecular weight excluding hydrogens is 330 g/mol. The number of Topliss-reactive ketones (excluding diaryl/α,β-unsaturated/α-hetero) is 1. The average Bonchev–Trinajstić information content (AvgIpc) is 2.66. The van der Waals surface area contributed by atoms with Crippen molar-refractivity contribution in [3.63, 3.8) is 0 Å². The average molecular weight is 359 g/mol. The largest absolute Gasteiger partial charge is 0.464 e. The van der Waals surface area contributed by atoms with E-state index in [9.17, 15) is 14.7 Å². The zero-order valence-electron chi connectivity index (χ0n) is 15.6. The normalized spacial score (nSPS) is 11.6. The van der Waals surface area contributed by atoms with Gasteiger partial charge in [-0.25, -0.2) is 9.64 Å². The van der Waals surface area contributed by atoms with Gasteiger partial charge in [0, 0.05) is 12.0 Å². The van der Waals surface area contributed by atoms with Crippen molar-refractivity contribution < 1.29 is 19.4 Å². The molecule has 0 aliphatic heterocycles. The lowest BCUT2D eigenvalue weighted by Crippen LogP contribution is -2.26. The summed E-state index contributed by atoms with van der Waals surface area (Å²) in [4.78, 5) is 27.0. The van der Waals surface area contributed by atoms with Crippen molar-refractivity contribution in [3.8, 4) is 0 Å². The summed E-state index contributed by atoms with van der Waals surface area (Å²) in [5.74, 6) is -1.10. The Morgan fingerprint density at radius 1 is 1.04 bits per heavy atom. The standard InChI is InChI=1S/C21H29NO4/c1-3-4-5-6-7-8-9-10-15-26-21(25)20(24)16-19(23)17-11-13-18(22-2)14-12-17/h11-14,20,24H,3-10,15-16H2,1H3. The van der Waals surface area contributed by atoms with Crippen molar-refractivity contribution in [1.82, 2.24) is 0 Å². The fraction of sp³-hybridized carbons (Fsp3) is 0.571. The Morgan fingerprint density at radius 2 is 1.62 bits per heavy atom. The molecule has 0 heterocycles. The number of hydrogen-bond donors (Lipinski definition) is 1. The predicted octanol–water partition coefficient (Wildman–Crippen LogP) is 4.85. The molecule has 0 saturated heterocycles.